The van der Waals surface area contributed by atoms with E-state index in [1.807, 2.05) is 18.2 Å². The Morgan fingerprint density at radius 2 is 2.00 bits per heavy atom. The topological polar surface area (TPSA) is 33.4 Å². The van der Waals surface area contributed by atoms with Gasteiger partial charge in [0.25, 0.3) is 0 Å². The zero-order valence-corrected chi connectivity index (χ0v) is 13.9. The number of hydrogen-bond donors (Lipinski definition) is 1. The monoisotopic (exact) mass is 446 g/mol. The zero-order valence-electron chi connectivity index (χ0n) is 10.1. The van der Waals surface area contributed by atoms with Crippen LogP contribution in [0.4, 0.5) is 4.39 Å². The van der Waals surface area contributed by atoms with Gasteiger partial charge in [-0.1, -0.05) is 28.1 Å². The predicted octanol–water partition coefficient (Wildman–Crippen LogP) is 5.02. The van der Waals surface area contributed by atoms with Gasteiger partial charge in [0.05, 0.1) is 0 Å². The number of para-hydroxylation sites is 1. The van der Waals surface area contributed by atoms with Crippen molar-refractivity contribution >= 4 is 49.5 Å². The fourth-order valence-electron chi connectivity index (χ4n) is 2.06. The van der Waals surface area contributed by atoms with Crippen LogP contribution in [0.25, 0.3) is 11.0 Å². The fourth-order valence-corrected chi connectivity index (χ4v) is 3.04. The number of aliphatic hydroxyl groups excluding tert-OH is 1. The summed E-state index contributed by atoms with van der Waals surface area (Å²) in [5.41, 5.74) is 0.861. The van der Waals surface area contributed by atoms with Gasteiger partial charge in [-0.05, 0) is 52.9 Å². The Hall–Kier alpha value is -0.920. The third kappa shape index (κ3) is 2.49. The summed E-state index contributed by atoms with van der Waals surface area (Å²) in [4.78, 5) is 0. The lowest BCUT2D eigenvalue weighted by atomic mass is 10.1. The van der Waals surface area contributed by atoms with Crippen molar-refractivity contribution < 1.29 is 13.9 Å². The minimum absolute atomic E-state index is 0.170. The summed E-state index contributed by atoms with van der Waals surface area (Å²) in [5.74, 6) is -0.101. The molecule has 0 radical (unpaired) electrons. The summed E-state index contributed by atoms with van der Waals surface area (Å²) in [6.07, 6.45) is -0.939. The van der Waals surface area contributed by atoms with E-state index >= 15 is 0 Å². The van der Waals surface area contributed by atoms with Crippen molar-refractivity contribution in [2.75, 3.05) is 0 Å². The minimum Gasteiger partial charge on any atom is -0.455 e. The molecule has 2 aromatic carbocycles. The van der Waals surface area contributed by atoms with Crippen LogP contribution in [0.15, 0.2) is 51.4 Å². The first-order chi connectivity index (χ1) is 9.56. The molecule has 0 saturated carbocycles. The maximum atomic E-state index is 13.6. The van der Waals surface area contributed by atoms with E-state index in [-0.39, 0.29) is 5.58 Å². The van der Waals surface area contributed by atoms with Gasteiger partial charge < -0.3 is 9.52 Å². The normalized spacial score (nSPS) is 12.8. The molecule has 1 N–H and O–H groups in total. The van der Waals surface area contributed by atoms with E-state index in [9.17, 15) is 9.50 Å². The molecule has 0 amide bonds. The van der Waals surface area contributed by atoms with Gasteiger partial charge >= 0.3 is 0 Å². The molecule has 2 nitrogen and oxygen atoms in total. The molecule has 0 aliphatic heterocycles. The Morgan fingerprint density at radius 1 is 1.20 bits per heavy atom. The van der Waals surface area contributed by atoms with Crippen molar-refractivity contribution in [1.82, 2.24) is 0 Å². The number of benzene rings is 2. The Balaban J connectivity index is 2.10. The van der Waals surface area contributed by atoms with Crippen LogP contribution in [0.2, 0.25) is 0 Å². The summed E-state index contributed by atoms with van der Waals surface area (Å²) in [7, 11) is 0. The molecule has 3 aromatic rings. The van der Waals surface area contributed by atoms with Crippen LogP contribution >= 0.6 is 38.5 Å². The number of hydrogen-bond acceptors (Lipinski definition) is 2. The molecule has 0 aliphatic carbocycles. The largest absolute Gasteiger partial charge is 0.455 e. The van der Waals surface area contributed by atoms with Gasteiger partial charge in [-0.15, -0.1) is 0 Å². The molecule has 5 heteroatoms. The Kier molecular flexibility index (Phi) is 3.83. The number of halogens is 3. The Bertz CT molecular complexity index is 785. The second-order valence-electron chi connectivity index (χ2n) is 4.38. The molecule has 1 atom stereocenters. The lowest BCUT2D eigenvalue weighted by Gasteiger charge is -2.10. The quantitative estimate of drug-likeness (QED) is 0.560. The third-order valence-corrected chi connectivity index (χ3v) is 4.43. The van der Waals surface area contributed by atoms with Crippen LogP contribution in [0.5, 0.6) is 0 Å². The molecule has 0 fully saturated rings. The lowest BCUT2D eigenvalue weighted by molar-refractivity contribution is 0.191. The summed E-state index contributed by atoms with van der Waals surface area (Å²) in [5, 5.41) is 11.1. The highest BCUT2D eigenvalue weighted by Gasteiger charge is 2.19. The standard InChI is InChI=1S/C15H9BrFIO2/c16-11-5-4-9(18)7-10(11)14(19)13-6-8-2-1-3-12(17)15(8)20-13/h1-7,14,19H. The molecule has 1 unspecified atom stereocenters. The van der Waals surface area contributed by atoms with E-state index in [1.165, 1.54) is 6.07 Å². The minimum atomic E-state index is -0.939. The maximum absolute atomic E-state index is 13.6. The molecule has 1 heterocycles. The molecule has 0 saturated heterocycles. The lowest BCUT2D eigenvalue weighted by Crippen LogP contribution is -1.99. The number of aliphatic hydroxyl groups is 1. The van der Waals surface area contributed by atoms with Crippen molar-refractivity contribution in [3.63, 3.8) is 0 Å². The predicted molar refractivity (Wildman–Crippen MR) is 87.1 cm³/mol. The highest BCUT2D eigenvalue weighted by atomic mass is 127. The molecular weight excluding hydrogens is 438 g/mol. The highest BCUT2D eigenvalue weighted by molar-refractivity contribution is 14.1. The summed E-state index contributed by atoms with van der Waals surface area (Å²) in [6.45, 7) is 0. The summed E-state index contributed by atoms with van der Waals surface area (Å²) >= 11 is 5.58. The second-order valence-corrected chi connectivity index (χ2v) is 6.48. The van der Waals surface area contributed by atoms with E-state index in [2.05, 4.69) is 38.5 Å². The van der Waals surface area contributed by atoms with E-state index in [1.54, 1.807) is 18.2 Å². The molecular formula is C15H9BrFIO2. The summed E-state index contributed by atoms with van der Waals surface area (Å²) in [6, 6.07) is 12.0. The van der Waals surface area contributed by atoms with E-state index < -0.39 is 11.9 Å². The second kappa shape index (κ2) is 5.46. The number of furan rings is 1. The van der Waals surface area contributed by atoms with Gasteiger partial charge in [-0.3, -0.25) is 0 Å². The van der Waals surface area contributed by atoms with Crippen LogP contribution in [-0.2, 0) is 0 Å². The molecule has 0 bridgehead atoms. The molecule has 102 valence electrons. The van der Waals surface area contributed by atoms with Gasteiger partial charge in [0.1, 0.15) is 11.9 Å². The highest BCUT2D eigenvalue weighted by Crippen LogP contribution is 2.33. The van der Waals surface area contributed by atoms with Gasteiger partial charge in [0.2, 0.25) is 0 Å². The van der Waals surface area contributed by atoms with E-state index in [0.717, 1.165) is 8.04 Å². The van der Waals surface area contributed by atoms with Gasteiger partial charge in [0.15, 0.2) is 11.4 Å². The van der Waals surface area contributed by atoms with Crippen molar-refractivity contribution in [3.05, 3.63) is 67.6 Å². The van der Waals surface area contributed by atoms with Crippen molar-refractivity contribution in [3.8, 4) is 0 Å². The maximum Gasteiger partial charge on any atom is 0.170 e. The molecule has 0 aliphatic rings. The summed E-state index contributed by atoms with van der Waals surface area (Å²) < 4.78 is 20.9. The van der Waals surface area contributed by atoms with Crippen molar-refractivity contribution in [2.24, 2.45) is 0 Å². The zero-order chi connectivity index (χ0) is 14.3. The van der Waals surface area contributed by atoms with Gasteiger partial charge in [-0.25, -0.2) is 4.39 Å². The third-order valence-electron chi connectivity index (χ3n) is 3.04. The Labute approximate surface area is 136 Å². The van der Waals surface area contributed by atoms with Gasteiger partial charge in [0, 0.05) is 19.0 Å². The average Bonchev–Trinajstić information content (AvgIpc) is 2.86. The van der Waals surface area contributed by atoms with Crippen LogP contribution in [0.1, 0.15) is 17.4 Å². The van der Waals surface area contributed by atoms with E-state index in [4.69, 9.17) is 4.42 Å². The molecule has 0 spiro atoms. The first-order valence-electron chi connectivity index (χ1n) is 5.87. The first kappa shape index (κ1) is 14.0. The van der Waals surface area contributed by atoms with Crippen molar-refractivity contribution in [1.29, 1.82) is 0 Å². The van der Waals surface area contributed by atoms with E-state index in [0.29, 0.717) is 16.7 Å². The van der Waals surface area contributed by atoms with Gasteiger partial charge in [-0.2, -0.15) is 0 Å². The van der Waals surface area contributed by atoms with Crippen LogP contribution in [0, 0.1) is 9.39 Å². The van der Waals surface area contributed by atoms with Crippen LogP contribution < -0.4 is 0 Å². The SMILES string of the molecule is OC(c1cc2cccc(F)c2o1)c1cc(I)ccc1Br. The average molecular weight is 447 g/mol. The van der Waals surface area contributed by atoms with Crippen LogP contribution in [-0.4, -0.2) is 5.11 Å². The van der Waals surface area contributed by atoms with Crippen LogP contribution in [0.3, 0.4) is 0 Å². The molecule has 20 heavy (non-hydrogen) atoms. The number of rotatable bonds is 2. The number of fused-ring (bicyclic) bond motifs is 1. The molecule has 1 aromatic heterocycles. The smallest absolute Gasteiger partial charge is 0.170 e. The Morgan fingerprint density at radius 3 is 2.75 bits per heavy atom. The molecule has 3 rings (SSSR count). The fraction of sp³-hybridized carbons (Fsp3) is 0.0667. The first-order valence-corrected chi connectivity index (χ1v) is 7.74. The van der Waals surface area contributed by atoms with Crippen molar-refractivity contribution in [2.45, 2.75) is 6.10 Å².